The molecule has 8 nitrogen and oxygen atoms in total. The van der Waals surface area contributed by atoms with Crippen molar-refractivity contribution in [2.24, 2.45) is 7.05 Å². The van der Waals surface area contributed by atoms with Gasteiger partial charge in [-0.15, -0.1) is 5.10 Å². The van der Waals surface area contributed by atoms with Crippen LogP contribution in [0.1, 0.15) is 5.56 Å². The molecule has 0 N–H and O–H groups in total. The number of anilines is 1. The number of hydrogen-bond acceptors (Lipinski definition) is 6. The zero-order valence-electron chi connectivity index (χ0n) is 14.5. The second-order valence-corrected chi connectivity index (χ2v) is 6.14. The summed E-state index contributed by atoms with van der Waals surface area (Å²) in [5.41, 5.74) is 2.42. The molecule has 1 aliphatic rings. The number of carbonyl (C=O) groups is 1. The average molecular weight is 349 g/mol. The van der Waals surface area contributed by atoms with Gasteiger partial charge in [0.2, 0.25) is 5.91 Å². The standard InChI is InChI=1S/C18H19N7O/c1-23-17-16(21-22-23)18(20-13-19-17)25-11-9-24(10-12-25)15(26)8-7-14-5-3-2-4-6-14/h2-8,13H,9-12H2,1H3. The Balaban J connectivity index is 1.42. The summed E-state index contributed by atoms with van der Waals surface area (Å²) < 4.78 is 1.63. The van der Waals surface area contributed by atoms with E-state index < -0.39 is 0 Å². The van der Waals surface area contributed by atoms with E-state index in [0.717, 1.165) is 11.4 Å². The van der Waals surface area contributed by atoms with Crippen molar-refractivity contribution in [3.8, 4) is 0 Å². The van der Waals surface area contributed by atoms with Crippen molar-refractivity contribution in [3.63, 3.8) is 0 Å². The quantitative estimate of drug-likeness (QED) is 0.659. The second kappa shape index (κ2) is 6.91. The van der Waals surface area contributed by atoms with Crippen LogP contribution in [-0.4, -0.2) is 61.9 Å². The molecule has 0 radical (unpaired) electrons. The van der Waals surface area contributed by atoms with Crippen LogP contribution in [0.25, 0.3) is 17.2 Å². The highest BCUT2D eigenvalue weighted by Crippen LogP contribution is 2.21. The van der Waals surface area contributed by atoms with Crippen molar-refractivity contribution in [2.45, 2.75) is 0 Å². The summed E-state index contributed by atoms with van der Waals surface area (Å²) in [6, 6.07) is 9.82. The van der Waals surface area contributed by atoms with Gasteiger partial charge < -0.3 is 9.80 Å². The summed E-state index contributed by atoms with van der Waals surface area (Å²) >= 11 is 0. The Morgan fingerprint density at radius 3 is 2.62 bits per heavy atom. The molecule has 0 atom stereocenters. The van der Waals surface area contributed by atoms with Crippen LogP contribution < -0.4 is 4.90 Å². The Bertz CT molecular complexity index is 943. The topological polar surface area (TPSA) is 80.0 Å². The summed E-state index contributed by atoms with van der Waals surface area (Å²) in [6.07, 6.45) is 5.01. The van der Waals surface area contributed by atoms with Gasteiger partial charge in [0, 0.05) is 39.3 Å². The zero-order valence-corrected chi connectivity index (χ0v) is 14.5. The maximum Gasteiger partial charge on any atom is 0.246 e. The van der Waals surface area contributed by atoms with Crippen molar-refractivity contribution in [1.82, 2.24) is 29.9 Å². The average Bonchev–Trinajstić information content (AvgIpc) is 3.08. The van der Waals surface area contributed by atoms with E-state index in [9.17, 15) is 4.79 Å². The summed E-state index contributed by atoms with van der Waals surface area (Å²) in [5, 5.41) is 8.18. The summed E-state index contributed by atoms with van der Waals surface area (Å²) in [4.78, 5) is 25.0. The van der Waals surface area contributed by atoms with E-state index in [-0.39, 0.29) is 5.91 Å². The molecule has 4 rings (SSSR count). The minimum absolute atomic E-state index is 0.0286. The largest absolute Gasteiger partial charge is 0.351 e. The number of piperazine rings is 1. The Hall–Kier alpha value is -3.29. The third kappa shape index (κ3) is 3.13. The Labute approximate surface area is 150 Å². The molecule has 2 aromatic heterocycles. The zero-order chi connectivity index (χ0) is 17.9. The van der Waals surface area contributed by atoms with Crippen LogP contribution in [-0.2, 0) is 11.8 Å². The molecule has 1 aromatic carbocycles. The van der Waals surface area contributed by atoms with Crippen LogP contribution in [0.4, 0.5) is 5.82 Å². The van der Waals surface area contributed by atoms with Gasteiger partial charge in [-0.3, -0.25) is 4.79 Å². The van der Waals surface area contributed by atoms with Gasteiger partial charge in [-0.1, -0.05) is 35.5 Å². The minimum Gasteiger partial charge on any atom is -0.351 e. The first-order valence-corrected chi connectivity index (χ1v) is 8.50. The minimum atomic E-state index is 0.0286. The molecule has 26 heavy (non-hydrogen) atoms. The van der Waals surface area contributed by atoms with Gasteiger partial charge in [0.05, 0.1) is 0 Å². The molecular weight excluding hydrogens is 330 g/mol. The lowest BCUT2D eigenvalue weighted by molar-refractivity contribution is -0.126. The van der Waals surface area contributed by atoms with Crippen molar-refractivity contribution in [3.05, 3.63) is 48.3 Å². The monoisotopic (exact) mass is 349 g/mol. The third-order valence-corrected chi connectivity index (χ3v) is 4.48. The Kier molecular flexibility index (Phi) is 4.30. The lowest BCUT2D eigenvalue weighted by Gasteiger charge is -2.34. The van der Waals surface area contributed by atoms with Crippen LogP contribution in [0.2, 0.25) is 0 Å². The lowest BCUT2D eigenvalue weighted by atomic mass is 10.2. The Morgan fingerprint density at radius 1 is 1.08 bits per heavy atom. The number of hydrogen-bond donors (Lipinski definition) is 0. The van der Waals surface area contributed by atoms with Crippen LogP contribution in [0.15, 0.2) is 42.7 Å². The van der Waals surface area contributed by atoms with Gasteiger partial charge in [-0.05, 0) is 11.6 Å². The Morgan fingerprint density at radius 2 is 1.85 bits per heavy atom. The molecule has 1 saturated heterocycles. The first kappa shape index (κ1) is 16.2. The van der Waals surface area contributed by atoms with Crippen LogP contribution in [0, 0.1) is 0 Å². The fraction of sp³-hybridized carbons (Fsp3) is 0.278. The molecule has 0 unspecified atom stereocenters. The lowest BCUT2D eigenvalue weighted by Crippen LogP contribution is -2.48. The molecule has 0 spiro atoms. The van der Waals surface area contributed by atoms with Gasteiger partial charge in [0.25, 0.3) is 0 Å². The number of fused-ring (bicyclic) bond motifs is 1. The number of aromatic nitrogens is 5. The molecule has 1 fully saturated rings. The second-order valence-electron chi connectivity index (χ2n) is 6.14. The molecular formula is C18H19N7O. The van der Waals surface area contributed by atoms with Gasteiger partial charge in [-0.25, -0.2) is 14.6 Å². The predicted octanol–water partition coefficient (Wildman–Crippen LogP) is 1.12. The van der Waals surface area contributed by atoms with Gasteiger partial charge >= 0.3 is 0 Å². The van der Waals surface area contributed by atoms with E-state index in [0.29, 0.717) is 37.3 Å². The first-order chi connectivity index (χ1) is 12.7. The fourth-order valence-electron chi connectivity index (χ4n) is 3.05. The van der Waals surface area contributed by atoms with E-state index >= 15 is 0 Å². The van der Waals surface area contributed by atoms with Gasteiger partial charge in [-0.2, -0.15) is 0 Å². The van der Waals surface area contributed by atoms with Crippen molar-refractivity contribution in [2.75, 3.05) is 31.1 Å². The van der Waals surface area contributed by atoms with Crippen LogP contribution in [0.5, 0.6) is 0 Å². The molecule has 132 valence electrons. The highest BCUT2D eigenvalue weighted by molar-refractivity contribution is 5.92. The summed E-state index contributed by atoms with van der Waals surface area (Å²) in [7, 11) is 1.81. The molecule has 8 heteroatoms. The molecule has 1 amide bonds. The van der Waals surface area contributed by atoms with Crippen molar-refractivity contribution < 1.29 is 4.79 Å². The molecule has 0 aliphatic carbocycles. The maximum atomic E-state index is 12.4. The van der Waals surface area contributed by atoms with Crippen LogP contribution in [0.3, 0.4) is 0 Å². The highest BCUT2D eigenvalue weighted by Gasteiger charge is 2.23. The highest BCUT2D eigenvalue weighted by atomic mass is 16.2. The number of nitrogens with zero attached hydrogens (tertiary/aromatic N) is 7. The summed E-state index contributed by atoms with van der Waals surface area (Å²) in [6.45, 7) is 2.69. The SMILES string of the molecule is Cn1nnc2c(N3CCN(C(=O)C=Cc4ccccc4)CC3)ncnc21. The molecule has 3 heterocycles. The van der Waals surface area contributed by atoms with E-state index in [1.165, 1.54) is 6.33 Å². The van der Waals surface area contributed by atoms with E-state index in [1.807, 2.05) is 48.4 Å². The number of benzene rings is 1. The normalized spacial score (nSPS) is 15.1. The van der Waals surface area contributed by atoms with Crippen molar-refractivity contribution >= 4 is 29.0 Å². The van der Waals surface area contributed by atoms with Crippen LogP contribution >= 0.6 is 0 Å². The molecule has 3 aromatic rings. The van der Waals surface area contributed by atoms with Crippen molar-refractivity contribution in [1.29, 1.82) is 0 Å². The maximum absolute atomic E-state index is 12.4. The van der Waals surface area contributed by atoms with E-state index in [4.69, 9.17) is 0 Å². The van der Waals surface area contributed by atoms with Gasteiger partial charge in [0.1, 0.15) is 6.33 Å². The van der Waals surface area contributed by atoms with Gasteiger partial charge in [0.15, 0.2) is 17.0 Å². The summed E-state index contributed by atoms with van der Waals surface area (Å²) in [5.74, 6) is 0.802. The smallest absolute Gasteiger partial charge is 0.246 e. The third-order valence-electron chi connectivity index (χ3n) is 4.48. The first-order valence-electron chi connectivity index (χ1n) is 8.50. The molecule has 1 aliphatic heterocycles. The van der Waals surface area contributed by atoms with E-state index in [2.05, 4.69) is 25.2 Å². The molecule has 0 bridgehead atoms. The number of carbonyl (C=O) groups excluding carboxylic acids is 1. The predicted molar refractivity (Wildman–Crippen MR) is 98.4 cm³/mol. The molecule has 0 saturated carbocycles. The van der Waals surface area contributed by atoms with E-state index in [1.54, 1.807) is 10.8 Å². The fourth-order valence-corrected chi connectivity index (χ4v) is 3.05. The number of rotatable bonds is 3. The number of amides is 1. The number of aryl methyl sites for hydroxylation is 1.